The maximum atomic E-state index is 13.1. The first-order valence-electron chi connectivity index (χ1n) is 10.3. The van der Waals surface area contributed by atoms with Gasteiger partial charge in [-0.15, -0.1) is 0 Å². The number of hydrogen-bond donors (Lipinski definition) is 0. The molecule has 152 valence electrons. The molecule has 0 bridgehead atoms. The molecule has 0 radical (unpaired) electrons. The van der Waals surface area contributed by atoms with Gasteiger partial charge in [0.25, 0.3) is 14.3 Å². The largest absolute Gasteiger partial charge is 0.518 e. The van der Waals surface area contributed by atoms with Crippen LogP contribution in [0.15, 0.2) is 0 Å². The van der Waals surface area contributed by atoms with Gasteiger partial charge in [0.15, 0.2) is 0 Å². The minimum atomic E-state index is -2.78. The van der Waals surface area contributed by atoms with Crippen LogP contribution in [-0.2, 0) is 22.5 Å². The molecule has 2 rings (SSSR count). The molecule has 1 atom stereocenters. The van der Waals surface area contributed by atoms with Crippen molar-refractivity contribution in [3.63, 3.8) is 0 Å². The zero-order valence-electron chi connectivity index (χ0n) is 17.3. The predicted octanol–water partition coefficient (Wildman–Crippen LogP) is 4.90. The SMILES string of the molecule is CC[Si](OC(=O)C(C)C[Si](OC)(OC)OC)(C1CCCC1)C1CCCC1. The fourth-order valence-corrected chi connectivity index (χ4v) is 12.8. The summed E-state index contributed by atoms with van der Waals surface area (Å²) < 4.78 is 23.1. The normalized spacial score (nSPS) is 21.3. The van der Waals surface area contributed by atoms with E-state index in [1.54, 1.807) is 21.3 Å². The van der Waals surface area contributed by atoms with Crippen LogP contribution in [0, 0.1) is 5.92 Å². The molecule has 0 amide bonds. The highest BCUT2D eigenvalue weighted by Gasteiger charge is 2.53. The van der Waals surface area contributed by atoms with Crippen LogP contribution in [0.2, 0.25) is 23.2 Å². The Hall–Kier alpha value is -0.216. The smallest absolute Gasteiger partial charge is 0.501 e. The van der Waals surface area contributed by atoms with Crippen LogP contribution in [-0.4, -0.2) is 44.4 Å². The Morgan fingerprint density at radius 3 is 1.69 bits per heavy atom. The second kappa shape index (κ2) is 9.82. The molecule has 0 spiro atoms. The van der Waals surface area contributed by atoms with Gasteiger partial charge in [0.05, 0.1) is 5.92 Å². The first kappa shape index (κ1) is 22.1. The third-order valence-corrected chi connectivity index (χ3v) is 15.4. The van der Waals surface area contributed by atoms with E-state index in [0.29, 0.717) is 17.1 Å². The molecular weight excluding hydrogens is 364 g/mol. The van der Waals surface area contributed by atoms with E-state index >= 15 is 0 Å². The highest BCUT2D eigenvalue weighted by molar-refractivity contribution is 6.78. The van der Waals surface area contributed by atoms with Crippen molar-refractivity contribution < 1.29 is 22.5 Å². The van der Waals surface area contributed by atoms with Gasteiger partial charge < -0.3 is 17.7 Å². The van der Waals surface area contributed by atoms with Gasteiger partial charge in [-0.3, -0.25) is 4.79 Å². The van der Waals surface area contributed by atoms with Crippen LogP contribution >= 0.6 is 0 Å². The lowest BCUT2D eigenvalue weighted by Crippen LogP contribution is -2.50. The van der Waals surface area contributed by atoms with E-state index in [9.17, 15) is 4.79 Å². The standard InChI is InChI=1S/C19H38O5Si2/c1-6-25(17-11-7-8-12-17,18-13-9-10-14-18)24-19(20)16(2)15-26(21-3,22-4)23-5/h16-18H,6-15H2,1-5H3. The minimum Gasteiger partial charge on any atom is -0.518 e. The molecule has 2 saturated carbocycles. The molecule has 0 saturated heterocycles. The molecule has 2 fully saturated rings. The molecular formula is C19H38O5Si2. The van der Waals surface area contributed by atoms with Crippen LogP contribution in [0.1, 0.15) is 65.2 Å². The molecule has 0 aromatic heterocycles. The molecule has 0 aromatic rings. The summed E-state index contributed by atoms with van der Waals surface area (Å²) in [7, 11) is -0.0789. The topological polar surface area (TPSA) is 54.0 Å². The monoisotopic (exact) mass is 402 g/mol. The first-order valence-corrected chi connectivity index (χ1v) is 14.6. The van der Waals surface area contributed by atoms with Crippen molar-refractivity contribution >= 4 is 23.1 Å². The summed E-state index contributed by atoms with van der Waals surface area (Å²) in [6.07, 6.45) is 10.2. The van der Waals surface area contributed by atoms with E-state index in [0.717, 1.165) is 6.04 Å². The van der Waals surface area contributed by atoms with E-state index in [-0.39, 0.29) is 11.9 Å². The third-order valence-electron chi connectivity index (χ3n) is 6.83. The van der Waals surface area contributed by atoms with Crippen LogP contribution in [0.5, 0.6) is 0 Å². The van der Waals surface area contributed by atoms with Gasteiger partial charge >= 0.3 is 8.80 Å². The van der Waals surface area contributed by atoms with Gasteiger partial charge in [-0.2, -0.15) is 0 Å². The van der Waals surface area contributed by atoms with Gasteiger partial charge in [0.1, 0.15) is 0 Å². The van der Waals surface area contributed by atoms with Crippen molar-refractivity contribution in [2.24, 2.45) is 5.92 Å². The number of hydrogen-bond acceptors (Lipinski definition) is 5. The van der Waals surface area contributed by atoms with Crippen molar-refractivity contribution in [2.75, 3.05) is 21.3 Å². The number of rotatable bonds is 10. The highest BCUT2D eigenvalue weighted by atomic mass is 28.4. The quantitative estimate of drug-likeness (QED) is 0.487. The Morgan fingerprint density at radius 2 is 1.35 bits per heavy atom. The molecule has 0 aliphatic heterocycles. The Bertz CT molecular complexity index is 419. The molecule has 2 aliphatic carbocycles. The second-order valence-corrected chi connectivity index (χ2v) is 15.5. The molecule has 0 N–H and O–H groups in total. The summed E-state index contributed by atoms with van der Waals surface area (Å²) in [5.41, 5.74) is 1.31. The van der Waals surface area contributed by atoms with E-state index in [2.05, 4.69) is 6.92 Å². The zero-order chi connectivity index (χ0) is 19.2. The van der Waals surface area contributed by atoms with Crippen LogP contribution in [0.25, 0.3) is 0 Å². The zero-order valence-corrected chi connectivity index (χ0v) is 19.3. The van der Waals surface area contributed by atoms with Crippen LogP contribution < -0.4 is 0 Å². The molecule has 1 unspecified atom stereocenters. The Morgan fingerprint density at radius 1 is 0.923 bits per heavy atom. The van der Waals surface area contributed by atoms with Crippen LogP contribution in [0.4, 0.5) is 0 Å². The fraction of sp³-hybridized carbons (Fsp3) is 0.947. The maximum Gasteiger partial charge on any atom is 0.501 e. The van der Waals surface area contributed by atoms with Crippen molar-refractivity contribution in [2.45, 2.75) is 88.4 Å². The minimum absolute atomic E-state index is 0.0552. The van der Waals surface area contributed by atoms with Crippen molar-refractivity contribution in [1.82, 2.24) is 0 Å². The Labute approximate surface area is 161 Å². The van der Waals surface area contributed by atoms with Gasteiger partial charge in [-0.05, 0) is 42.8 Å². The lowest BCUT2D eigenvalue weighted by atomic mass is 10.2. The third kappa shape index (κ3) is 4.60. The molecule has 7 heteroatoms. The Balaban J connectivity index is 2.14. The summed E-state index contributed by atoms with van der Waals surface area (Å²) in [5.74, 6) is -0.317. The van der Waals surface area contributed by atoms with E-state index < -0.39 is 17.1 Å². The van der Waals surface area contributed by atoms with Crippen LogP contribution in [0.3, 0.4) is 0 Å². The van der Waals surface area contributed by atoms with Gasteiger partial charge in [-0.25, -0.2) is 0 Å². The molecule has 26 heavy (non-hydrogen) atoms. The van der Waals surface area contributed by atoms with Gasteiger partial charge in [0, 0.05) is 27.4 Å². The lowest BCUT2D eigenvalue weighted by molar-refractivity contribution is -0.139. The average Bonchev–Trinajstić information content (AvgIpc) is 3.38. The summed E-state index contributed by atoms with van der Waals surface area (Å²) in [6.45, 7) is 4.19. The van der Waals surface area contributed by atoms with Crippen molar-refractivity contribution in [3.8, 4) is 0 Å². The predicted molar refractivity (Wildman–Crippen MR) is 108 cm³/mol. The fourth-order valence-electron chi connectivity index (χ4n) is 5.22. The average molecular weight is 403 g/mol. The lowest BCUT2D eigenvalue weighted by Gasteiger charge is -2.41. The molecule has 0 aromatic carbocycles. The van der Waals surface area contributed by atoms with E-state index in [1.165, 1.54) is 51.4 Å². The van der Waals surface area contributed by atoms with Gasteiger partial charge in [-0.1, -0.05) is 39.5 Å². The summed E-state index contributed by atoms with van der Waals surface area (Å²) in [4.78, 5) is 13.1. The van der Waals surface area contributed by atoms with Crippen molar-refractivity contribution in [3.05, 3.63) is 0 Å². The van der Waals surface area contributed by atoms with Gasteiger partial charge in [0.2, 0.25) is 0 Å². The molecule has 0 heterocycles. The first-order chi connectivity index (χ1) is 12.5. The molecule has 5 nitrogen and oxygen atoms in total. The summed E-state index contributed by atoms with van der Waals surface area (Å²) in [6, 6.07) is 1.53. The second-order valence-electron chi connectivity index (χ2n) is 8.09. The summed E-state index contributed by atoms with van der Waals surface area (Å²) in [5, 5.41) is 0. The van der Waals surface area contributed by atoms with Crippen molar-refractivity contribution in [1.29, 1.82) is 0 Å². The van der Waals surface area contributed by atoms with E-state index in [1.807, 2.05) is 6.92 Å². The highest BCUT2D eigenvalue weighted by Crippen LogP contribution is 2.52. The number of carbonyl (C=O) groups is 1. The summed E-state index contributed by atoms with van der Waals surface area (Å²) >= 11 is 0. The maximum absolute atomic E-state index is 13.1. The Kier molecular flexibility index (Phi) is 8.34. The molecule has 2 aliphatic rings. The number of carbonyl (C=O) groups excluding carboxylic acids is 1. The van der Waals surface area contributed by atoms with E-state index in [4.69, 9.17) is 17.7 Å².